The van der Waals surface area contributed by atoms with E-state index < -0.39 is 39.3 Å². The normalized spacial score (nSPS) is 14.8. The minimum absolute atomic E-state index is 0.0376. The second-order valence-electron chi connectivity index (χ2n) is 6.03. The van der Waals surface area contributed by atoms with Gasteiger partial charge in [-0.25, -0.2) is 4.68 Å². The van der Waals surface area contributed by atoms with Gasteiger partial charge < -0.3 is 5.11 Å². The van der Waals surface area contributed by atoms with Crippen LogP contribution in [0.3, 0.4) is 0 Å². The fraction of sp³-hybridized carbons (Fsp3) is 0.167. The highest BCUT2D eigenvalue weighted by atomic mass is 35.5. The summed E-state index contributed by atoms with van der Waals surface area (Å²) in [5.74, 6) is 0. The van der Waals surface area contributed by atoms with Crippen molar-refractivity contribution < 1.29 is 31.4 Å². The number of para-hydroxylation sites is 1. The Hall–Kier alpha value is -2.23. The zero-order valence-electron chi connectivity index (χ0n) is 14.1. The number of alkyl halides is 6. The van der Waals surface area contributed by atoms with Gasteiger partial charge in [0.05, 0.1) is 21.1 Å². The summed E-state index contributed by atoms with van der Waals surface area (Å²) in [5.41, 5.74) is -5.69. The largest absolute Gasteiger partial charge is 0.426 e. The Balaban J connectivity index is 2.36. The molecule has 1 atom stereocenters. The number of rotatable bonds is 3. The first-order valence-electron chi connectivity index (χ1n) is 7.79. The molecule has 2 aromatic carbocycles. The Morgan fingerprint density at radius 1 is 1.00 bits per heavy atom. The Bertz CT molecular complexity index is 1080. The first-order valence-corrected chi connectivity index (χ1v) is 8.54. The molecule has 29 heavy (non-hydrogen) atoms. The lowest BCUT2D eigenvalue weighted by Crippen LogP contribution is -2.40. The van der Waals surface area contributed by atoms with E-state index in [4.69, 9.17) is 23.2 Å². The second kappa shape index (κ2) is 6.93. The van der Waals surface area contributed by atoms with Gasteiger partial charge in [0.25, 0.3) is 0 Å². The Morgan fingerprint density at radius 2 is 1.55 bits per heavy atom. The van der Waals surface area contributed by atoms with E-state index in [1.807, 2.05) is 0 Å². The van der Waals surface area contributed by atoms with E-state index in [-0.39, 0.29) is 22.7 Å². The number of fused-ring (bicyclic) bond motifs is 1. The van der Waals surface area contributed by atoms with Crippen LogP contribution in [0, 0.1) is 0 Å². The van der Waals surface area contributed by atoms with Crippen LogP contribution >= 0.6 is 23.2 Å². The highest BCUT2D eigenvalue weighted by Gasteiger charge is 2.55. The van der Waals surface area contributed by atoms with E-state index in [0.29, 0.717) is 12.1 Å². The van der Waals surface area contributed by atoms with E-state index >= 15 is 0 Å². The van der Waals surface area contributed by atoms with Gasteiger partial charge in [0.1, 0.15) is 11.4 Å². The molecule has 1 heterocycles. The van der Waals surface area contributed by atoms with Gasteiger partial charge in [-0.1, -0.05) is 48.0 Å². The van der Waals surface area contributed by atoms with E-state index in [1.165, 1.54) is 24.3 Å². The van der Waals surface area contributed by atoms with Gasteiger partial charge in [-0.05, 0) is 24.3 Å². The molecule has 0 saturated carbocycles. The molecule has 1 unspecified atom stereocenters. The summed E-state index contributed by atoms with van der Waals surface area (Å²) in [4.78, 5) is 0. The highest BCUT2D eigenvalue weighted by molar-refractivity contribution is 6.38. The van der Waals surface area contributed by atoms with Crippen molar-refractivity contribution in [2.45, 2.75) is 18.0 Å². The van der Waals surface area contributed by atoms with Crippen molar-refractivity contribution in [1.82, 2.24) is 9.78 Å². The highest BCUT2D eigenvalue weighted by Crippen LogP contribution is 2.44. The van der Waals surface area contributed by atoms with Crippen molar-refractivity contribution in [2.24, 2.45) is 0 Å². The molecule has 0 radical (unpaired) electrons. The van der Waals surface area contributed by atoms with Crippen molar-refractivity contribution >= 4 is 34.1 Å². The number of benzene rings is 2. The fourth-order valence-electron chi connectivity index (χ4n) is 2.80. The zero-order valence-corrected chi connectivity index (χ0v) is 15.6. The van der Waals surface area contributed by atoms with Crippen molar-refractivity contribution in [1.29, 1.82) is 0 Å². The van der Waals surface area contributed by atoms with Crippen LogP contribution in [0.25, 0.3) is 16.6 Å². The number of halogens is 8. The predicted molar refractivity (Wildman–Crippen MR) is 96.2 cm³/mol. The van der Waals surface area contributed by atoms with Crippen LogP contribution in [0.2, 0.25) is 10.0 Å². The summed E-state index contributed by atoms with van der Waals surface area (Å²) in [5, 5.41) is 13.0. The van der Waals surface area contributed by atoms with Gasteiger partial charge in [-0.2, -0.15) is 31.4 Å². The van der Waals surface area contributed by atoms with Crippen LogP contribution in [-0.2, 0) is 11.8 Å². The maximum absolute atomic E-state index is 13.5. The van der Waals surface area contributed by atoms with Gasteiger partial charge in [0.15, 0.2) is 0 Å². The smallest absolute Gasteiger partial charge is 0.371 e. The summed E-state index contributed by atoms with van der Waals surface area (Å²) >= 11 is 11.9. The standard InChI is InChI=1S/C18H10Cl2F6N2O/c1-2-16(29,18(24,25)26)15-10-5-3-4-6-13(10)28(27-15)14-11(19)7-9(8-12(14)20)17(21,22)23/h2-8,29H,1H2. The summed E-state index contributed by atoms with van der Waals surface area (Å²) in [6.45, 7) is 3.04. The van der Waals surface area contributed by atoms with Crippen LogP contribution in [0.15, 0.2) is 49.1 Å². The third-order valence-corrected chi connectivity index (χ3v) is 4.81. The minimum atomic E-state index is -5.16. The van der Waals surface area contributed by atoms with Gasteiger partial charge >= 0.3 is 12.4 Å². The minimum Gasteiger partial charge on any atom is -0.371 e. The van der Waals surface area contributed by atoms with E-state index in [2.05, 4.69) is 11.7 Å². The number of hydrogen-bond donors (Lipinski definition) is 1. The molecule has 0 fully saturated rings. The monoisotopic (exact) mass is 454 g/mol. The average Bonchev–Trinajstić information content (AvgIpc) is 2.98. The molecule has 0 aliphatic heterocycles. The summed E-state index contributed by atoms with van der Waals surface area (Å²) in [6.07, 6.45) is -9.62. The van der Waals surface area contributed by atoms with Gasteiger partial charge in [-0.3, -0.25) is 0 Å². The van der Waals surface area contributed by atoms with E-state index in [9.17, 15) is 31.4 Å². The first-order chi connectivity index (χ1) is 13.3. The Morgan fingerprint density at radius 3 is 2.03 bits per heavy atom. The molecule has 0 amide bonds. The third-order valence-electron chi connectivity index (χ3n) is 4.23. The predicted octanol–water partition coefficient (Wildman–Crippen LogP) is 6.29. The second-order valence-corrected chi connectivity index (χ2v) is 6.85. The summed E-state index contributed by atoms with van der Waals surface area (Å²) in [7, 11) is 0. The molecule has 1 N–H and O–H groups in total. The SMILES string of the molecule is C=CC(O)(c1nn(-c2c(Cl)cc(C(F)(F)F)cc2Cl)c2ccccc12)C(F)(F)F. The quantitative estimate of drug-likeness (QED) is 0.373. The fourth-order valence-corrected chi connectivity index (χ4v) is 3.44. The summed E-state index contributed by atoms with van der Waals surface area (Å²) in [6, 6.07) is 6.67. The molecule has 1 aromatic heterocycles. The Kier molecular flexibility index (Phi) is 5.13. The third kappa shape index (κ3) is 3.47. The van der Waals surface area contributed by atoms with Crippen LogP contribution < -0.4 is 0 Å². The first kappa shape index (κ1) is 21.5. The number of aromatic nitrogens is 2. The number of hydrogen-bond acceptors (Lipinski definition) is 2. The molecule has 0 aliphatic carbocycles. The van der Waals surface area contributed by atoms with Crippen molar-refractivity contribution in [3.63, 3.8) is 0 Å². The molecule has 11 heteroatoms. The topological polar surface area (TPSA) is 38.1 Å². The molecule has 3 nitrogen and oxygen atoms in total. The van der Waals surface area contributed by atoms with Gasteiger partial charge in [0.2, 0.25) is 5.60 Å². The van der Waals surface area contributed by atoms with Crippen LogP contribution in [0.5, 0.6) is 0 Å². The van der Waals surface area contributed by atoms with E-state index in [1.54, 1.807) is 0 Å². The van der Waals surface area contributed by atoms with Crippen LogP contribution in [-0.4, -0.2) is 21.1 Å². The van der Waals surface area contributed by atoms with Crippen LogP contribution in [0.4, 0.5) is 26.3 Å². The molecule has 154 valence electrons. The average molecular weight is 455 g/mol. The number of aliphatic hydroxyl groups is 1. The molecule has 0 spiro atoms. The molecule has 0 saturated heterocycles. The molecule has 0 aliphatic rings. The van der Waals surface area contributed by atoms with Gasteiger partial charge in [0, 0.05) is 5.39 Å². The number of nitrogens with zero attached hydrogens (tertiary/aromatic N) is 2. The molecular weight excluding hydrogens is 445 g/mol. The molecule has 3 rings (SSSR count). The van der Waals surface area contributed by atoms with E-state index in [0.717, 1.165) is 4.68 Å². The lowest BCUT2D eigenvalue weighted by molar-refractivity contribution is -0.246. The van der Waals surface area contributed by atoms with Crippen molar-refractivity contribution in [3.8, 4) is 5.69 Å². The van der Waals surface area contributed by atoms with Crippen LogP contribution in [0.1, 0.15) is 11.3 Å². The van der Waals surface area contributed by atoms with Crippen molar-refractivity contribution in [3.05, 3.63) is 70.4 Å². The maximum atomic E-state index is 13.5. The Labute approximate surface area is 169 Å². The summed E-state index contributed by atoms with van der Waals surface area (Å²) < 4.78 is 80.3. The van der Waals surface area contributed by atoms with Crippen molar-refractivity contribution in [2.75, 3.05) is 0 Å². The molecule has 0 bridgehead atoms. The zero-order chi connectivity index (χ0) is 21.8. The molecular formula is C18H10Cl2F6N2O. The maximum Gasteiger partial charge on any atom is 0.426 e. The lowest BCUT2D eigenvalue weighted by Gasteiger charge is -2.25. The van der Waals surface area contributed by atoms with Gasteiger partial charge in [-0.15, -0.1) is 0 Å². The molecule has 3 aromatic rings. The lowest BCUT2D eigenvalue weighted by atomic mass is 9.96.